The summed E-state index contributed by atoms with van der Waals surface area (Å²) in [5, 5.41) is 3.39. The van der Waals surface area contributed by atoms with Crippen LogP contribution in [0.2, 0.25) is 10.0 Å². The Kier molecular flexibility index (Phi) is 4.47. The second-order valence-corrected chi connectivity index (χ2v) is 5.14. The Balaban J connectivity index is 2.17. The van der Waals surface area contributed by atoms with Crippen LogP contribution in [0.3, 0.4) is 0 Å². The lowest BCUT2D eigenvalue weighted by Gasteiger charge is -2.14. The average Bonchev–Trinajstić information content (AvgIpc) is 2.45. The predicted molar refractivity (Wildman–Crippen MR) is 81.0 cm³/mol. The number of carbonyl (C=O) groups is 1. The lowest BCUT2D eigenvalue weighted by atomic mass is 10.1. The number of hydrogen-bond acceptors (Lipinski definition) is 3. The number of nitrogen functional groups attached to an aromatic ring is 1. The highest BCUT2D eigenvalue weighted by molar-refractivity contribution is 6.39. The van der Waals surface area contributed by atoms with E-state index in [0.29, 0.717) is 5.56 Å². The van der Waals surface area contributed by atoms with Crippen LogP contribution in [0.15, 0.2) is 36.7 Å². The van der Waals surface area contributed by atoms with Crippen LogP contribution in [0.1, 0.15) is 28.9 Å². The van der Waals surface area contributed by atoms with E-state index in [2.05, 4.69) is 10.3 Å². The third kappa shape index (κ3) is 3.21. The molecule has 0 spiro atoms. The lowest BCUT2D eigenvalue weighted by Crippen LogP contribution is -2.26. The van der Waals surface area contributed by atoms with Gasteiger partial charge >= 0.3 is 0 Å². The number of amides is 1. The molecule has 3 N–H and O–H groups in total. The Bertz CT molecular complexity index is 609. The summed E-state index contributed by atoms with van der Waals surface area (Å²) in [5.74, 6) is -0.266. The number of hydrogen-bond donors (Lipinski definition) is 2. The van der Waals surface area contributed by atoms with E-state index in [1.54, 1.807) is 12.4 Å². The van der Waals surface area contributed by atoms with Crippen LogP contribution in [-0.2, 0) is 0 Å². The molecule has 0 fully saturated rings. The van der Waals surface area contributed by atoms with Gasteiger partial charge in [-0.05, 0) is 36.8 Å². The highest BCUT2D eigenvalue weighted by atomic mass is 35.5. The first kappa shape index (κ1) is 14.6. The lowest BCUT2D eigenvalue weighted by molar-refractivity contribution is 0.0940. The fraction of sp³-hybridized carbons (Fsp3) is 0.143. The van der Waals surface area contributed by atoms with Gasteiger partial charge in [-0.15, -0.1) is 0 Å². The van der Waals surface area contributed by atoms with E-state index in [4.69, 9.17) is 28.9 Å². The maximum atomic E-state index is 12.2. The van der Waals surface area contributed by atoms with Gasteiger partial charge in [-0.2, -0.15) is 0 Å². The third-order valence-electron chi connectivity index (χ3n) is 2.89. The first-order valence-electron chi connectivity index (χ1n) is 5.94. The van der Waals surface area contributed by atoms with Gasteiger partial charge in [0.05, 0.1) is 21.8 Å². The minimum Gasteiger partial charge on any atom is -0.396 e. The van der Waals surface area contributed by atoms with Gasteiger partial charge in [0.25, 0.3) is 5.91 Å². The largest absolute Gasteiger partial charge is 0.396 e. The zero-order valence-corrected chi connectivity index (χ0v) is 12.2. The zero-order valence-electron chi connectivity index (χ0n) is 10.7. The summed E-state index contributed by atoms with van der Waals surface area (Å²) < 4.78 is 0. The third-order valence-corrected chi connectivity index (χ3v) is 3.52. The fourth-order valence-corrected chi connectivity index (χ4v) is 2.22. The molecule has 0 saturated heterocycles. The van der Waals surface area contributed by atoms with Crippen LogP contribution < -0.4 is 11.1 Å². The number of pyridine rings is 1. The maximum Gasteiger partial charge on any atom is 0.251 e. The highest BCUT2D eigenvalue weighted by Gasteiger charge is 2.14. The smallest absolute Gasteiger partial charge is 0.251 e. The minimum atomic E-state index is -0.266. The van der Waals surface area contributed by atoms with Crippen LogP contribution in [0.5, 0.6) is 0 Å². The monoisotopic (exact) mass is 309 g/mol. The Morgan fingerprint density at radius 2 is 1.80 bits per heavy atom. The second-order valence-electron chi connectivity index (χ2n) is 4.33. The van der Waals surface area contributed by atoms with E-state index in [1.807, 2.05) is 19.1 Å². The molecule has 104 valence electrons. The fourth-order valence-electron chi connectivity index (χ4n) is 1.73. The van der Waals surface area contributed by atoms with Gasteiger partial charge in [-0.3, -0.25) is 9.78 Å². The first-order chi connectivity index (χ1) is 9.49. The molecule has 0 bridgehead atoms. The SMILES string of the molecule is C[C@H](NC(=O)c1cc(Cl)c(N)c(Cl)c1)c1ccncc1. The number of benzene rings is 1. The van der Waals surface area contributed by atoms with Crippen molar-refractivity contribution in [1.29, 1.82) is 0 Å². The summed E-state index contributed by atoms with van der Waals surface area (Å²) in [4.78, 5) is 16.1. The number of nitrogens with two attached hydrogens (primary N) is 1. The van der Waals surface area contributed by atoms with Gasteiger partial charge in [-0.1, -0.05) is 23.2 Å². The summed E-state index contributed by atoms with van der Waals surface area (Å²) in [6.07, 6.45) is 3.35. The van der Waals surface area contributed by atoms with E-state index >= 15 is 0 Å². The predicted octanol–water partition coefficient (Wildman–Crippen LogP) is 3.46. The molecule has 1 heterocycles. The van der Waals surface area contributed by atoms with Gasteiger partial charge in [0.1, 0.15) is 0 Å². The molecular formula is C14H13Cl2N3O. The van der Waals surface area contributed by atoms with E-state index < -0.39 is 0 Å². The Labute approximate surface area is 126 Å². The minimum absolute atomic E-state index is 0.152. The van der Waals surface area contributed by atoms with Gasteiger partial charge in [0.2, 0.25) is 0 Å². The summed E-state index contributed by atoms with van der Waals surface area (Å²) in [6.45, 7) is 1.88. The molecule has 1 atom stereocenters. The molecule has 6 heteroatoms. The molecule has 1 aromatic heterocycles. The molecule has 20 heavy (non-hydrogen) atoms. The van der Waals surface area contributed by atoms with Crippen LogP contribution in [0, 0.1) is 0 Å². The number of anilines is 1. The average molecular weight is 310 g/mol. The first-order valence-corrected chi connectivity index (χ1v) is 6.70. The molecule has 0 aliphatic carbocycles. The number of rotatable bonds is 3. The Hall–Kier alpha value is -1.78. The number of nitrogens with one attached hydrogen (secondary N) is 1. The van der Waals surface area contributed by atoms with Crippen molar-refractivity contribution < 1.29 is 4.79 Å². The molecule has 0 aliphatic heterocycles. The van der Waals surface area contributed by atoms with E-state index in [0.717, 1.165) is 5.56 Å². The van der Waals surface area contributed by atoms with E-state index in [1.165, 1.54) is 12.1 Å². The van der Waals surface area contributed by atoms with Crippen LogP contribution in [-0.4, -0.2) is 10.9 Å². The standard InChI is InChI=1S/C14H13Cl2N3O/c1-8(9-2-4-18-5-3-9)19-14(20)10-6-11(15)13(17)12(16)7-10/h2-8H,17H2,1H3,(H,19,20)/t8-/m0/s1. The summed E-state index contributed by atoms with van der Waals surface area (Å²) in [6, 6.07) is 6.52. The quantitative estimate of drug-likeness (QED) is 0.853. The molecule has 2 rings (SSSR count). The molecule has 1 aromatic carbocycles. The van der Waals surface area contributed by atoms with Crippen molar-refractivity contribution in [3.63, 3.8) is 0 Å². The molecule has 2 aromatic rings. The van der Waals surface area contributed by atoms with Crippen molar-refractivity contribution in [3.05, 3.63) is 57.8 Å². The summed E-state index contributed by atoms with van der Waals surface area (Å²) in [7, 11) is 0. The van der Waals surface area contributed by atoms with E-state index in [-0.39, 0.29) is 27.7 Å². The Morgan fingerprint density at radius 1 is 1.25 bits per heavy atom. The van der Waals surface area contributed by atoms with Crippen molar-refractivity contribution in [1.82, 2.24) is 10.3 Å². The molecule has 0 unspecified atom stereocenters. The Morgan fingerprint density at radius 3 is 2.35 bits per heavy atom. The van der Waals surface area contributed by atoms with Gasteiger partial charge in [-0.25, -0.2) is 0 Å². The molecule has 0 saturated carbocycles. The number of nitrogens with zero attached hydrogens (tertiary/aromatic N) is 1. The van der Waals surface area contributed by atoms with Crippen molar-refractivity contribution in [2.45, 2.75) is 13.0 Å². The molecular weight excluding hydrogens is 297 g/mol. The van der Waals surface area contributed by atoms with Crippen molar-refractivity contribution >= 4 is 34.8 Å². The van der Waals surface area contributed by atoms with Crippen molar-refractivity contribution in [2.75, 3.05) is 5.73 Å². The van der Waals surface area contributed by atoms with E-state index in [9.17, 15) is 4.79 Å². The number of halogens is 2. The molecule has 4 nitrogen and oxygen atoms in total. The second kappa shape index (κ2) is 6.11. The molecule has 0 radical (unpaired) electrons. The molecule has 1 amide bonds. The van der Waals surface area contributed by atoms with Crippen molar-refractivity contribution in [3.8, 4) is 0 Å². The summed E-state index contributed by atoms with van der Waals surface area (Å²) in [5.41, 5.74) is 7.24. The topological polar surface area (TPSA) is 68.0 Å². The van der Waals surface area contributed by atoms with Gasteiger partial charge < -0.3 is 11.1 Å². The van der Waals surface area contributed by atoms with Crippen LogP contribution >= 0.6 is 23.2 Å². The van der Waals surface area contributed by atoms with Gasteiger partial charge in [0.15, 0.2) is 0 Å². The van der Waals surface area contributed by atoms with Crippen LogP contribution in [0.25, 0.3) is 0 Å². The van der Waals surface area contributed by atoms with Gasteiger partial charge in [0, 0.05) is 18.0 Å². The summed E-state index contributed by atoms with van der Waals surface area (Å²) >= 11 is 11.8. The zero-order chi connectivity index (χ0) is 14.7. The highest BCUT2D eigenvalue weighted by Crippen LogP contribution is 2.29. The maximum absolute atomic E-state index is 12.2. The number of carbonyl (C=O) groups excluding carboxylic acids is 1. The number of aromatic nitrogens is 1. The van der Waals surface area contributed by atoms with Crippen LogP contribution in [0.4, 0.5) is 5.69 Å². The molecule has 0 aliphatic rings. The van der Waals surface area contributed by atoms with Crippen molar-refractivity contribution in [2.24, 2.45) is 0 Å². The normalized spacial score (nSPS) is 11.9.